The van der Waals surface area contributed by atoms with Gasteiger partial charge in [0.2, 0.25) is 0 Å². The number of furan rings is 1. The molecule has 13 rings (SSSR count). The quantitative estimate of drug-likeness (QED) is 0.160. The Labute approximate surface area is 341 Å². The molecule has 0 fully saturated rings. The Bertz CT molecular complexity index is 3610. The summed E-state index contributed by atoms with van der Waals surface area (Å²) in [5, 5.41) is 22.8. The topological polar surface area (TPSA) is 13.1 Å². The highest BCUT2D eigenvalue weighted by molar-refractivity contribution is 6.34. The van der Waals surface area contributed by atoms with Crippen LogP contribution in [0.1, 0.15) is 13.8 Å². The van der Waals surface area contributed by atoms with E-state index in [9.17, 15) is 0 Å². The molecule has 0 aliphatic carbocycles. The van der Waals surface area contributed by atoms with Crippen LogP contribution in [-0.2, 0) is 0 Å². The van der Waals surface area contributed by atoms with E-state index in [-0.39, 0.29) is 0 Å². The second kappa shape index (κ2) is 13.0. The van der Waals surface area contributed by atoms with Gasteiger partial charge in [0, 0.05) is 10.8 Å². The fraction of sp³-hybridized carbons (Fsp3) is 0.0345. The van der Waals surface area contributed by atoms with Crippen LogP contribution in [0, 0.1) is 0 Å². The number of hydrogen-bond acceptors (Lipinski definition) is 1. The van der Waals surface area contributed by atoms with Crippen molar-refractivity contribution in [1.82, 2.24) is 0 Å². The molecule has 1 heterocycles. The van der Waals surface area contributed by atoms with Crippen LogP contribution in [-0.4, -0.2) is 0 Å². The van der Waals surface area contributed by atoms with Crippen molar-refractivity contribution in [3.63, 3.8) is 0 Å². The number of hydrogen-bond donors (Lipinski definition) is 0. The molecule has 0 unspecified atom stereocenters. The second-order valence-corrected chi connectivity index (χ2v) is 15.5. The first-order chi connectivity index (χ1) is 29.3. The van der Waals surface area contributed by atoms with Crippen molar-refractivity contribution in [2.75, 3.05) is 0 Å². The van der Waals surface area contributed by atoms with Gasteiger partial charge in [-0.1, -0.05) is 172 Å². The average Bonchev–Trinajstić information content (AvgIpc) is 3.69. The summed E-state index contributed by atoms with van der Waals surface area (Å²) in [6.07, 6.45) is 0. The minimum atomic E-state index is 0.897. The zero-order valence-electron chi connectivity index (χ0n) is 32.9. The average molecular weight is 751 g/mol. The smallest absolute Gasteiger partial charge is 0.135 e. The Morgan fingerprint density at radius 2 is 0.508 bits per heavy atom. The van der Waals surface area contributed by atoms with Gasteiger partial charge < -0.3 is 4.42 Å². The molecule has 0 aliphatic heterocycles. The molecule has 0 saturated heterocycles. The van der Waals surface area contributed by atoms with E-state index in [1.807, 2.05) is 13.8 Å². The summed E-state index contributed by atoms with van der Waals surface area (Å²) in [5.41, 5.74) is 6.61. The van der Waals surface area contributed by atoms with Crippen LogP contribution in [0.5, 0.6) is 0 Å². The van der Waals surface area contributed by atoms with E-state index in [0.29, 0.717) is 0 Å². The molecule has 0 bridgehead atoms. The molecule has 0 spiro atoms. The van der Waals surface area contributed by atoms with Crippen LogP contribution in [0.25, 0.3) is 130 Å². The summed E-state index contributed by atoms with van der Waals surface area (Å²) in [7, 11) is 0. The summed E-state index contributed by atoms with van der Waals surface area (Å²) < 4.78 is 6.56. The Morgan fingerprint density at radius 3 is 0.864 bits per heavy atom. The van der Waals surface area contributed by atoms with Gasteiger partial charge in [-0.2, -0.15) is 0 Å². The van der Waals surface area contributed by atoms with Gasteiger partial charge in [0.15, 0.2) is 0 Å². The third kappa shape index (κ3) is 4.85. The van der Waals surface area contributed by atoms with Crippen LogP contribution in [0.15, 0.2) is 199 Å². The lowest BCUT2D eigenvalue weighted by atomic mass is 9.87. The molecule has 0 saturated carbocycles. The van der Waals surface area contributed by atoms with Crippen molar-refractivity contribution >= 4 is 108 Å². The number of rotatable bonds is 2. The van der Waals surface area contributed by atoms with Gasteiger partial charge in [0.1, 0.15) is 11.2 Å². The van der Waals surface area contributed by atoms with Crippen molar-refractivity contribution in [3.05, 3.63) is 194 Å². The van der Waals surface area contributed by atoms with Gasteiger partial charge in [-0.05, 0) is 145 Å². The SMILES string of the molecule is CC.c1ccc2c(c1)c(-c1ccc3oc4ccc(-c5cc6c7ccccc7c7ccccc7c6c6ccccc56)cc4c3c1)cc1c3ccccc3c3ccccc3c21. The van der Waals surface area contributed by atoms with Crippen molar-refractivity contribution < 1.29 is 4.42 Å². The molecule has 13 aromatic rings. The lowest BCUT2D eigenvalue weighted by molar-refractivity contribution is 0.669. The molecule has 0 amide bonds. The largest absolute Gasteiger partial charge is 0.456 e. The molecule has 1 heteroatoms. The van der Waals surface area contributed by atoms with Crippen molar-refractivity contribution in [2.45, 2.75) is 13.8 Å². The van der Waals surface area contributed by atoms with Crippen LogP contribution < -0.4 is 0 Å². The normalized spacial score (nSPS) is 11.9. The molecular formula is C58H38O. The molecule has 0 aliphatic rings. The van der Waals surface area contributed by atoms with Crippen molar-refractivity contribution in [3.8, 4) is 22.3 Å². The number of benzene rings is 12. The van der Waals surface area contributed by atoms with Crippen LogP contribution >= 0.6 is 0 Å². The lowest BCUT2D eigenvalue weighted by Crippen LogP contribution is -1.89. The Kier molecular flexibility index (Phi) is 7.43. The van der Waals surface area contributed by atoms with E-state index >= 15 is 0 Å². The summed E-state index contributed by atoms with van der Waals surface area (Å²) in [5.74, 6) is 0. The first-order valence-electron chi connectivity index (χ1n) is 20.8. The highest BCUT2D eigenvalue weighted by Gasteiger charge is 2.19. The monoisotopic (exact) mass is 750 g/mol. The van der Waals surface area contributed by atoms with Crippen LogP contribution in [0.3, 0.4) is 0 Å². The van der Waals surface area contributed by atoms with E-state index in [2.05, 4.69) is 194 Å². The van der Waals surface area contributed by atoms with Crippen molar-refractivity contribution in [1.29, 1.82) is 0 Å². The van der Waals surface area contributed by atoms with Gasteiger partial charge in [0.05, 0.1) is 0 Å². The minimum Gasteiger partial charge on any atom is -0.456 e. The fourth-order valence-electron chi connectivity index (χ4n) is 10.1. The molecule has 1 aromatic heterocycles. The van der Waals surface area contributed by atoms with Gasteiger partial charge in [0.25, 0.3) is 0 Å². The predicted octanol–water partition coefficient (Wildman–Crippen LogP) is 17.2. The Balaban J connectivity index is 0.00000186. The molecule has 0 atom stereocenters. The zero-order valence-corrected chi connectivity index (χ0v) is 32.9. The molecule has 0 radical (unpaired) electrons. The maximum Gasteiger partial charge on any atom is 0.135 e. The summed E-state index contributed by atoms with van der Waals surface area (Å²) in [6.45, 7) is 4.00. The van der Waals surface area contributed by atoms with E-state index in [4.69, 9.17) is 4.42 Å². The first-order valence-corrected chi connectivity index (χ1v) is 20.8. The van der Waals surface area contributed by atoms with Crippen LogP contribution in [0.2, 0.25) is 0 Å². The van der Waals surface area contributed by atoms with E-state index < -0.39 is 0 Å². The molecule has 1 nitrogen and oxygen atoms in total. The third-order valence-electron chi connectivity index (χ3n) is 12.6. The first kappa shape index (κ1) is 33.6. The maximum atomic E-state index is 6.56. The second-order valence-electron chi connectivity index (χ2n) is 15.5. The van der Waals surface area contributed by atoms with Gasteiger partial charge >= 0.3 is 0 Å². The summed E-state index contributed by atoms with van der Waals surface area (Å²) in [4.78, 5) is 0. The van der Waals surface area contributed by atoms with Gasteiger partial charge in [-0.25, -0.2) is 0 Å². The zero-order chi connectivity index (χ0) is 39.2. The molecule has 12 aromatic carbocycles. The standard InChI is InChI=1S/C56H32O.C2H6/c1-3-17-39-35(13-1)37-15-5-9-21-43(37)55-45-23-11-7-19-41(45)47(31-51(39)55)33-25-27-53-49(29-33)50-30-34(26-28-54(50)57-53)48-32-52-40-18-4-2-14-36(40)38-16-6-10-22-44(38)56(52)46-24-12-8-20-42(46)48;1-2/h1-32H;1-2H3. The van der Waals surface area contributed by atoms with E-state index in [1.54, 1.807) is 0 Å². The molecule has 276 valence electrons. The van der Waals surface area contributed by atoms with Gasteiger partial charge in [-0.3, -0.25) is 0 Å². The minimum absolute atomic E-state index is 0.897. The van der Waals surface area contributed by atoms with E-state index in [1.165, 1.54) is 108 Å². The Hall–Kier alpha value is -7.48. The predicted molar refractivity (Wildman–Crippen MR) is 256 cm³/mol. The van der Waals surface area contributed by atoms with Crippen LogP contribution in [0.4, 0.5) is 0 Å². The lowest BCUT2D eigenvalue weighted by Gasteiger charge is -2.16. The Morgan fingerprint density at radius 1 is 0.237 bits per heavy atom. The highest BCUT2D eigenvalue weighted by Crippen LogP contribution is 2.46. The summed E-state index contributed by atoms with van der Waals surface area (Å²) >= 11 is 0. The van der Waals surface area contributed by atoms with E-state index in [0.717, 1.165) is 21.9 Å². The number of fused-ring (bicyclic) bond motifs is 19. The fourth-order valence-corrected chi connectivity index (χ4v) is 10.1. The molecular weight excluding hydrogens is 713 g/mol. The third-order valence-corrected chi connectivity index (χ3v) is 12.6. The van der Waals surface area contributed by atoms with Crippen molar-refractivity contribution in [2.24, 2.45) is 0 Å². The molecule has 0 N–H and O–H groups in total. The maximum absolute atomic E-state index is 6.56. The molecule has 59 heavy (non-hydrogen) atoms. The van der Waals surface area contributed by atoms with Gasteiger partial charge in [-0.15, -0.1) is 0 Å². The summed E-state index contributed by atoms with van der Waals surface area (Å²) in [6, 6.07) is 71.6. The highest BCUT2D eigenvalue weighted by atomic mass is 16.3.